The largest absolute Gasteiger partial charge is 0.320 e. The highest BCUT2D eigenvalue weighted by Gasteiger charge is 2.57. The van der Waals surface area contributed by atoms with Crippen molar-refractivity contribution in [1.29, 1.82) is 0 Å². The summed E-state index contributed by atoms with van der Waals surface area (Å²) in [6.07, 6.45) is 2.93. The number of hydrogen-bond acceptors (Lipinski definition) is 4. The first kappa shape index (κ1) is 14.0. The number of nitro groups is 1. The van der Waals surface area contributed by atoms with Crippen molar-refractivity contribution in [3.63, 3.8) is 0 Å². The molecule has 1 spiro atoms. The van der Waals surface area contributed by atoms with Gasteiger partial charge in [0.25, 0.3) is 5.69 Å². The van der Waals surface area contributed by atoms with Crippen molar-refractivity contribution in [2.45, 2.75) is 26.2 Å². The Balaban J connectivity index is 1.73. The van der Waals surface area contributed by atoms with Gasteiger partial charge in [0.1, 0.15) is 5.69 Å². The lowest BCUT2D eigenvalue weighted by molar-refractivity contribution is -0.384. The Bertz CT molecular complexity index is 594. The van der Waals surface area contributed by atoms with E-state index in [0.29, 0.717) is 5.69 Å². The Hall–Kier alpha value is -1.95. The summed E-state index contributed by atoms with van der Waals surface area (Å²) >= 11 is 0. The van der Waals surface area contributed by atoms with Crippen LogP contribution >= 0.6 is 0 Å². The van der Waals surface area contributed by atoms with E-state index in [2.05, 4.69) is 10.6 Å². The zero-order valence-corrected chi connectivity index (χ0v) is 12.0. The van der Waals surface area contributed by atoms with Crippen LogP contribution in [-0.2, 0) is 4.79 Å². The molecule has 6 heteroatoms. The summed E-state index contributed by atoms with van der Waals surface area (Å²) in [5.74, 6) is -0.0793. The monoisotopic (exact) mass is 289 g/mol. The summed E-state index contributed by atoms with van der Waals surface area (Å²) in [4.78, 5) is 23.0. The molecule has 0 aromatic heterocycles. The molecule has 1 aliphatic carbocycles. The van der Waals surface area contributed by atoms with E-state index in [4.69, 9.17) is 0 Å². The van der Waals surface area contributed by atoms with E-state index in [9.17, 15) is 14.9 Å². The van der Waals surface area contributed by atoms with Gasteiger partial charge in [-0.2, -0.15) is 0 Å². The van der Waals surface area contributed by atoms with E-state index in [-0.39, 0.29) is 22.9 Å². The Morgan fingerprint density at radius 1 is 1.43 bits per heavy atom. The zero-order valence-electron chi connectivity index (χ0n) is 12.0. The van der Waals surface area contributed by atoms with Gasteiger partial charge >= 0.3 is 0 Å². The molecule has 1 aromatic rings. The number of nitro benzene ring substituents is 1. The van der Waals surface area contributed by atoms with Crippen LogP contribution in [0, 0.1) is 28.4 Å². The molecule has 1 aromatic carbocycles. The van der Waals surface area contributed by atoms with Crippen molar-refractivity contribution in [2.24, 2.45) is 11.3 Å². The van der Waals surface area contributed by atoms with Gasteiger partial charge in [-0.15, -0.1) is 0 Å². The van der Waals surface area contributed by atoms with E-state index in [0.717, 1.165) is 37.9 Å². The lowest BCUT2D eigenvalue weighted by Crippen LogP contribution is -2.31. The molecule has 2 fully saturated rings. The summed E-state index contributed by atoms with van der Waals surface area (Å²) < 4.78 is 0. The molecule has 0 radical (unpaired) electrons. The van der Waals surface area contributed by atoms with Gasteiger partial charge in [0.15, 0.2) is 0 Å². The number of aryl methyl sites for hydroxylation is 1. The number of carbonyl (C=O) groups is 1. The summed E-state index contributed by atoms with van der Waals surface area (Å²) in [5, 5.41) is 17.1. The average molecular weight is 289 g/mol. The molecule has 2 N–H and O–H groups in total. The topological polar surface area (TPSA) is 84.3 Å². The van der Waals surface area contributed by atoms with Crippen molar-refractivity contribution in [3.05, 3.63) is 33.9 Å². The van der Waals surface area contributed by atoms with Crippen LogP contribution in [0.3, 0.4) is 0 Å². The van der Waals surface area contributed by atoms with E-state index < -0.39 is 4.92 Å². The van der Waals surface area contributed by atoms with Crippen molar-refractivity contribution < 1.29 is 9.72 Å². The van der Waals surface area contributed by atoms with Crippen LogP contribution in [0.1, 0.15) is 24.8 Å². The number of nitrogens with one attached hydrogen (secondary N) is 2. The second kappa shape index (κ2) is 5.11. The SMILES string of the molecule is Cc1ccc(NC(=O)C2CC23CCNCC3)c([N+](=O)[O-])c1. The molecule has 1 saturated heterocycles. The smallest absolute Gasteiger partial charge is 0.293 e. The quantitative estimate of drug-likeness (QED) is 0.660. The highest BCUT2D eigenvalue weighted by atomic mass is 16.6. The van der Waals surface area contributed by atoms with Crippen LogP contribution in [0.25, 0.3) is 0 Å². The third-order valence-electron chi connectivity index (χ3n) is 4.71. The maximum Gasteiger partial charge on any atom is 0.293 e. The Kier molecular flexibility index (Phi) is 3.41. The van der Waals surface area contributed by atoms with Crippen LogP contribution in [0.15, 0.2) is 18.2 Å². The van der Waals surface area contributed by atoms with Crippen LogP contribution in [0.2, 0.25) is 0 Å². The molecule has 1 amide bonds. The fourth-order valence-corrected chi connectivity index (χ4v) is 3.31. The average Bonchev–Trinajstić information content (AvgIpc) is 3.15. The molecular weight excluding hydrogens is 270 g/mol. The summed E-state index contributed by atoms with van der Waals surface area (Å²) in [5.41, 5.74) is 1.20. The molecule has 2 aliphatic rings. The molecule has 1 atom stereocenters. The zero-order chi connectivity index (χ0) is 15.0. The number of nitrogens with zero attached hydrogens (tertiary/aromatic N) is 1. The maximum atomic E-state index is 12.4. The minimum Gasteiger partial charge on any atom is -0.320 e. The number of piperidine rings is 1. The fraction of sp³-hybridized carbons (Fsp3) is 0.533. The van der Waals surface area contributed by atoms with E-state index in [1.54, 1.807) is 19.1 Å². The van der Waals surface area contributed by atoms with Gasteiger partial charge in [-0.3, -0.25) is 14.9 Å². The number of carbonyl (C=O) groups excluding carboxylic acids is 1. The van der Waals surface area contributed by atoms with Gasteiger partial charge in [0.2, 0.25) is 5.91 Å². The molecule has 21 heavy (non-hydrogen) atoms. The van der Waals surface area contributed by atoms with Gasteiger partial charge in [0, 0.05) is 12.0 Å². The van der Waals surface area contributed by atoms with Crippen molar-refractivity contribution >= 4 is 17.3 Å². The van der Waals surface area contributed by atoms with Gasteiger partial charge < -0.3 is 10.6 Å². The summed E-state index contributed by atoms with van der Waals surface area (Å²) in [6, 6.07) is 4.88. The minimum atomic E-state index is -0.449. The molecule has 112 valence electrons. The number of hydrogen-bond donors (Lipinski definition) is 2. The van der Waals surface area contributed by atoms with Crippen molar-refractivity contribution in [1.82, 2.24) is 5.32 Å². The Morgan fingerprint density at radius 2 is 2.14 bits per heavy atom. The molecule has 1 heterocycles. The van der Waals surface area contributed by atoms with Crippen molar-refractivity contribution in [3.8, 4) is 0 Å². The highest BCUT2D eigenvalue weighted by Crippen LogP contribution is 2.58. The van der Waals surface area contributed by atoms with Crippen LogP contribution in [0.4, 0.5) is 11.4 Å². The number of amides is 1. The van der Waals surface area contributed by atoms with Gasteiger partial charge in [-0.1, -0.05) is 6.07 Å². The molecule has 6 nitrogen and oxygen atoms in total. The lowest BCUT2D eigenvalue weighted by atomic mass is 9.92. The second-order valence-electron chi connectivity index (χ2n) is 6.14. The first-order chi connectivity index (χ1) is 10.0. The van der Waals surface area contributed by atoms with Gasteiger partial charge in [-0.25, -0.2) is 0 Å². The fourth-order valence-electron chi connectivity index (χ4n) is 3.31. The Labute approximate surface area is 123 Å². The molecule has 3 rings (SSSR count). The first-order valence-electron chi connectivity index (χ1n) is 7.28. The molecule has 1 unspecified atom stereocenters. The molecule has 1 aliphatic heterocycles. The van der Waals surface area contributed by atoms with E-state index >= 15 is 0 Å². The molecule has 1 saturated carbocycles. The number of benzene rings is 1. The standard InChI is InChI=1S/C15H19N3O3/c1-10-2-3-12(13(8-10)18(20)21)17-14(19)11-9-15(11)4-6-16-7-5-15/h2-3,8,11,16H,4-7,9H2,1H3,(H,17,19). The summed E-state index contributed by atoms with van der Waals surface area (Å²) in [6.45, 7) is 3.70. The van der Waals surface area contributed by atoms with Gasteiger partial charge in [0.05, 0.1) is 4.92 Å². The van der Waals surface area contributed by atoms with Crippen molar-refractivity contribution in [2.75, 3.05) is 18.4 Å². The number of rotatable bonds is 3. The van der Waals surface area contributed by atoms with E-state index in [1.165, 1.54) is 6.07 Å². The number of anilines is 1. The second-order valence-corrected chi connectivity index (χ2v) is 6.14. The van der Waals surface area contributed by atoms with Gasteiger partial charge in [-0.05, 0) is 56.3 Å². The third kappa shape index (κ3) is 2.63. The third-order valence-corrected chi connectivity index (χ3v) is 4.71. The molecular formula is C15H19N3O3. The highest BCUT2D eigenvalue weighted by molar-refractivity contribution is 5.97. The first-order valence-corrected chi connectivity index (χ1v) is 7.28. The van der Waals surface area contributed by atoms with Crippen LogP contribution < -0.4 is 10.6 Å². The normalized spacial score (nSPS) is 22.8. The minimum absolute atomic E-state index is 0.000470. The summed E-state index contributed by atoms with van der Waals surface area (Å²) in [7, 11) is 0. The van der Waals surface area contributed by atoms with E-state index in [1.807, 2.05) is 0 Å². The lowest BCUT2D eigenvalue weighted by Gasteiger charge is -2.23. The van der Waals surface area contributed by atoms with Crippen LogP contribution in [0.5, 0.6) is 0 Å². The Morgan fingerprint density at radius 3 is 2.81 bits per heavy atom. The maximum absolute atomic E-state index is 12.4. The predicted molar refractivity (Wildman–Crippen MR) is 79.1 cm³/mol. The molecule has 0 bridgehead atoms. The van der Waals surface area contributed by atoms with Crippen LogP contribution in [-0.4, -0.2) is 23.9 Å². The predicted octanol–water partition coefficient (Wildman–Crippen LogP) is 2.23.